The molecule has 0 fully saturated rings. The lowest BCUT2D eigenvalue weighted by Crippen LogP contribution is -2.32. The summed E-state index contributed by atoms with van der Waals surface area (Å²) in [6.45, 7) is -1.02. The zero-order valence-corrected chi connectivity index (χ0v) is 11.5. The number of alkyl halides is 3. The number of fused-ring (bicyclic) bond motifs is 1. The Morgan fingerprint density at radius 2 is 2.10 bits per heavy atom. The standard InChI is InChI=1S/C15H20F3NO/c1-19-13(6-7-20-10-15(16,17)18)9-12-8-11-4-2-3-5-14(11)12/h2-5,12-13,19H,6-10H2,1H3. The zero-order valence-electron chi connectivity index (χ0n) is 11.5. The van der Waals surface area contributed by atoms with Crippen molar-refractivity contribution in [3.63, 3.8) is 0 Å². The summed E-state index contributed by atoms with van der Waals surface area (Å²) in [7, 11) is 1.85. The molecule has 112 valence electrons. The Labute approximate surface area is 117 Å². The first-order valence-corrected chi connectivity index (χ1v) is 6.89. The molecule has 2 nitrogen and oxygen atoms in total. The van der Waals surface area contributed by atoms with Crippen LogP contribution < -0.4 is 5.32 Å². The van der Waals surface area contributed by atoms with E-state index in [1.54, 1.807) is 0 Å². The largest absolute Gasteiger partial charge is 0.411 e. The van der Waals surface area contributed by atoms with Gasteiger partial charge in [-0.25, -0.2) is 0 Å². The van der Waals surface area contributed by atoms with Crippen molar-refractivity contribution in [1.82, 2.24) is 5.32 Å². The van der Waals surface area contributed by atoms with Crippen molar-refractivity contribution in [3.05, 3.63) is 35.4 Å². The van der Waals surface area contributed by atoms with E-state index in [-0.39, 0.29) is 12.6 Å². The minimum atomic E-state index is -4.23. The second-order valence-corrected chi connectivity index (χ2v) is 5.28. The van der Waals surface area contributed by atoms with Gasteiger partial charge in [-0.2, -0.15) is 13.2 Å². The highest BCUT2D eigenvalue weighted by molar-refractivity contribution is 5.39. The van der Waals surface area contributed by atoms with Crippen LogP contribution in [-0.2, 0) is 11.2 Å². The number of hydrogen-bond donors (Lipinski definition) is 1. The fourth-order valence-electron chi connectivity index (χ4n) is 2.71. The van der Waals surface area contributed by atoms with Crippen LogP contribution in [0.1, 0.15) is 29.9 Å². The Balaban J connectivity index is 1.71. The maximum atomic E-state index is 12.0. The molecule has 0 saturated carbocycles. The van der Waals surface area contributed by atoms with Crippen LogP contribution in [0.2, 0.25) is 0 Å². The molecule has 0 bridgehead atoms. The number of halogens is 3. The van der Waals surface area contributed by atoms with Crippen molar-refractivity contribution in [2.24, 2.45) is 0 Å². The van der Waals surface area contributed by atoms with Gasteiger partial charge in [-0.05, 0) is 43.4 Å². The summed E-state index contributed by atoms with van der Waals surface area (Å²) in [6.07, 6.45) is -1.62. The van der Waals surface area contributed by atoms with Gasteiger partial charge >= 0.3 is 6.18 Å². The SMILES string of the molecule is CNC(CCOCC(F)(F)F)CC1Cc2ccccc21. The topological polar surface area (TPSA) is 21.3 Å². The second kappa shape index (κ2) is 6.59. The smallest absolute Gasteiger partial charge is 0.372 e. The molecule has 1 aromatic rings. The molecule has 0 radical (unpaired) electrons. The van der Waals surface area contributed by atoms with Crippen molar-refractivity contribution in [2.75, 3.05) is 20.3 Å². The van der Waals surface area contributed by atoms with E-state index in [1.807, 2.05) is 19.2 Å². The summed E-state index contributed by atoms with van der Waals surface area (Å²) >= 11 is 0. The third-order valence-corrected chi connectivity index (χ3v) is 3.81. The molecular formula is C15H20F3NO. The van der Waals surface area contributed by atoms with Crippen LogP contribution in [0.5, 0.6) is 0 Å². The van der Waals surface area contributed by atoms with Crippen LogP contribution >= 0.6 is 0 Å². The molecule has 0 amide bonds. The maximum absolute atomic E-state index is 12.0. The minimum Gasteiger partial charge on any atom is -0.372 e. The maximum Gasteiger partial charge on any atom is 0.411 e. The fraction of sp³-hybridized carbons (Fsp3) is 0.600. The van der Waals surface area contributed by atoms with Crippen molar-refractivity contribution < 1.29 is 17.9 Å². The minimum absolute atomic E-state index is 0.138. The van der Waals surface area contributed by atoms with Gasteiger partial charge in [0.25, 0.3) is 0 Å². The molecule has 1 aromatic carbocycles. The number of benzene rings is 1. The molecule has 1 aliphatic carbocycles. The normalized spacial score (nSPS) is 19.3. The summed E-state index contributed by atoms with van der Waals surface area (Å²) < 4.78 is 40.5. The van der Waals surface area contributed by atoms with E-state index in [9.17, 15) is 13.2 Å². The molecule has 1 aliphatic rings. The molecule has 2 rings (SSSR count). The summed E-state index contributed by atoms with van der Waals surface area (Å²) in [5.74, 6) is 0.520. The molecule has 0 aromatic heterocycles. The third-order valence-electron chi connectivity index (χ3n) is 3.81. The Kier molecular flexibility index (Phi) is 5.05. The Morgan fingerprint density at radius 3 is 2.75 bits per heavy atom. The van der Waals surface area contributed by atoms with Gasteiger partial charge in [0.2, 0.25) is 0 Å². The zero-order chi connectivity index (χ0) is 14.6. The highest BCUT2D eigenvalue weighted by atomic mass is 19.4. The van der Waals surface area contributed by atoms with Crippen LogP contribution in [-0.4, -0.2) is 32.5 Å². The van der Waals surface area contributed by atoms with Gasteiger partial charge in [0, 0.05) is 12.6 Å². The van der Waals surface area contributed by atoms with Crippen LogP contribution in [0, 0.1) is 0 Å². The van der Waals surface area contributed by atoms with Crippen molar-refractivity contribution in [1.29, 1.82) is 0 Å². The summed E-state index contributed by atoms with van der Waals surface area (Å²) in [6, 6.07) is 8.53. The van der Waals surface area contributed by atoms with Gasteiger partial charge < -0.3 is 10.1 Å². The molecule has 0 aliphatic heterocycles. The van der Waals surface area contributed by atoms with E-state index >= 15 is 0 Å². The Hall–Kier alpha value is -1.07. The van der Waals surface area contributed by atoms with E-state index in [2.05, 4.69) is 22.2 Å². The number of ether oxygens (including phenoxy) is 1. The van der Waals surface area contributed by atoms with Gasteiger partial charge in [-0.15, -0.1) is 0 Å². The molecule has 1 N–H and O–H groups in total. The molecule has 0 heterocycles. The first-order chi connectivity index (χ1) is 9.49. The Bertz CT molecular complexity index is 433. The highest BCUT2D eigenvalue weighted by Crippen LogP contribution is 2.38. The predicted octanol–water partition coefficient (Wildman–Crippen LogP) is 3.27. The van der Waals surface area contributed by atoms with Crippen LogP contribution in [0.25, 0.3) is 0 Å². The first kappa shape index (κ1) is 15.3. The predicted molar refractivity (Wildman–Crippen MR) is 71.8 cm³/mol. The molecule has 2 atom stereocenters. The van der Waals surface area contributed by atoms with Crippen molar-refractivity contribution >= 4 is 0 Å². The van der Waals surface area contributed by atoms with Crippen LogP contribution in [0.4, 0.5) is 13.2 Å². The van der Waals surface area contributed by atoms with Gasteiger partial charge in [-0.1, -0.05) is 24.3 Å². The lowest BCUT2D eigenvalue weighted by Gasteiger charge is -2.33. The Morgan fingerprint density at radius 1 is 1.35 bits per heavy atom. The summed E-state index contributed by atoms with van der Waals surface area (Å²) in [5.41, 5.74) is 2.77. The van der Waals surface area contributed by atoms with Crippen molar-refractivity contribution in [3.8, 4) is 0 Å². The van der Waals surface area contributed by atoms with Crippen LogP contribution in [0.3, 0.4) is 0 Å². The van der Waals surface area contributed by atoms with E-state index in [0.717, 1.165) is 12.8 Å². The van der Waals surface area contributed by atoms with Gasteiger partial charge in [-0.3, -0.25) is 0 Å². The van der Waals surface area contributed by atoms with Gasteiger partial charge in [0.15, 0.2) is 0 Å². The summed E-state index contributed by atoms with van der Waals surface area (Å²) in [5, 5.41) is 3.17. The molecule has 0 spiro atoms. The lowest BCUT2D eigenvalue weighted by atomic mass is 9.74. The quantitative estimate of drug-likeness (QED) is 0.777. The lowest BCUT2D eigenvalue weighted by molar-refractivity contribution is -0.174. The molecule has 20 heavy (non-hydrogen) atoms. The van der Waals surface area contributed by atoms with E-state index in [0.29, 0.717) is 12.3 Å². The molecule has 2 unspecified atom stereocenters. The monoisotopic (exact) mass is 287 g/mol. The summed E-state index contributed by atoms with van der Waals surface area (Å²) in [4.78, 5) is 0. The van der Waals surface area contributed by atoms with E-state index < -0.39 is 12.8 Å². The average molecular weight is 287 g/mol. The number of nitrogens with one attached hydrogen (secondary N) is 1. The first-order valence-electron chi connectivity index (χ1n) is 6.89. The number of rotatable bonds is 7. The number of hydrogen-bond acceptors (Lipinski definition) is 2. The third kappa shape index (κ3) is 4.21. The van der Waals surface area contributed by atoms with Gasteiger partial charge in [0.05, 0.1) is 0 Å². The van der Waals surface area contributed by atoms with E-state index in [1.165, 1.54) is 11.1 Å². The van der Waals surface area contributed by atoms with Crippen molar-refractivity contribution in [2.45, 2.75) is 37.4 Å². The molecular weight excluding hydrogens is 267 g/mol. The molecule has 0 saturated heterocycles. The van der Waals surface area contributed by atoms with E-state index in [4.69, 9.17) is 0 Å². The second-order valence-electron chi connectivity index (χ2n) is 5.28. The van der Waals surface area contributed by atoms with Crippen LogP contribution in [0.15, 0.2) is 24.3 Å². The highest BCUT2D eigenvalue weighted by Gasteiger charge is 2.29. The fourth-order valence-corrected chi connectivity index (χ4v) is 2.71. The average Bonchev–Trinajstić information content (AvgIpc) is 2.37. The molecule has 5 heteroatoms. The van der Waals surface area contributed by atoms with Gasteiger partial charge in [0.1, 0.15) is 6.61 Å².